The van der Waals surface area contributed by atoms with E-state index in [4.69, 9.17) is 0 Å². The molecule has 0 aliphatic carbocycles. The molecular weight excluding hydrogens is 468 g/mol. The van der Waals surface area contributed by atoms with E-state index in [1.807, 2.05) is 44.8 Å². The Balaban J connectivity index is 1.18. The zero-order valence-corrected chi connectivity index (χ0v) is 18.9. The highest BCUT2D eigenvalue weighted by Gasteiger charge is 2.38. The molecule has 2 fully saturated rings. The fraction of sp³-hybridized carbons (Fsp3) is 0.400. The molecule has 5 rings (SSSR count). The number of likely N-dealkylation sites (tertiary alicyclic amines) is 1. The van der Waals surface area contributed by atoms with Crippen LogP contribution >= 0.6 is 27.3 Å². The molecule has 2 aliphatic rings. The molecule has 0 unspecified atom stereocenters. The summed E-state index contributed by atoms with van der Waals surface area (Å²) >= 11 is 4.85. The van der Waals surface area contributed by atoms with Gasteiger partial charge in [-0.1, -0.05) is 0 Å². The lowest BCUT2D eigenvalue weighted by Crippen LogP contribution is -2.64. The average molecular weight is 489 g/mol. The molecule has 0 N–H and O–H groups in total. The number of amides is 2. The Morgan fingerprint density at radius 3 is 2.57 bits per heavy atom. The number of piperazine rings is 1. The summed E-state index contributed by atoms with van der Waals surface area (Å²) in [6.07, 6.45) is 3.59. The summed E-state index contributed by atoms with van der Waals surface area (Å²) < 4.78 is 2.89. The van der Waals surface area contributed by atoms with E-state index in [9.17, 15) is 9.59 Å². The molecule has 8 nitrogen and oxygen atoms in total. The highest BCUT2D eigenvalue weighted by atomic mass is 79.9. The van der Waals surface area contributed by atoms with Crippen LogP contribution < -0.4 is 0 Å². The number of thiazole rings is 1. The molecule has 2 amide bonds. The standard InChI is InChI=1S/C20H21BrN6O2S/c1-13-17(23-16-3-2-14(21)10-27(13)16)19(28)26-11-15(12-26)24-5-7-25(8-6-24)20(29)18-22-4-9-30-18/h2-4,9-10,15H,5-8,11-12H2,1H3. The van der Waals surface area contributed by atoms with Crippen molar-refractivity contribution in [2.45, 2.75) is 13.0 Å². The first-order chi connectivity index (χ1) is 14.5. The number of carbonyl (C=O) groups is 2. The molecule has 2 saturated heterocycles. The van der Waals surface area contributed by atoms with Crippen LogP contribution in [-0.2, 0) is 0 Å². The van der Waals surface area contributed by atoms with Gasteiger partial charge in [-0.05, 0) is 35.0 Å². The van der Waals surface area contributed by atoms with Crippen LogP contribution in [0.3, 0.4) is 0 Å². The fourth-order valence-electron chi connectivity index (χ4n) is 4.10. The van der Waals surface area contributed by atoms with Gasteiger partial charge in [-0.2, -0.15) is 0 Å². The van der Waals surface area contributed by atoms with Gasteiger partial charge in [0.1, 0.15) is 11.3 Å². The second-order valence-electron chi connectivity index (χ2n) is 7.65. The van der Waals surface area contributed by atoms with Gasteiger partial charge >= 0.3 is 0 Å². The van der Waals surface area contributed by atoms with Crippen molar-refractivity contribution in [3.63, 3.8) is 0 Å². The van der Waals surface area contributed by atoms with E-state index in [0.29, 0.717) is 42.9 Å². The van der Waals surface area contributed by atoms with Crippen LogP contribution in [0.5, 0.6) is 0 Å². The third kappa shape index (κ3) is 3.42. The molecule has 2 aliphatic heterocycles. The SMILES string of the molecule is Cc1c(C(=O)N2CC(N3CCN(C(=O)c4nccs4)CC3)C2)nc2ccc(Br)cn12. The normalized spacial score (nSPS) is 18.1. The van der Waals surface area contributed by atoms with E-state index in [1.54, 1.807) is 6.20 Å². The number of rotatable bonds is 3. The average Bonchev–Trinajstić information content (AvgIpc) is 3.36. The number of nitrogens with zero attached hydrogens (tertiary/aromatic N) is 6. The van der Waals surface area contributed by atoms with Crippen LogP contribution in [0.4, 0.5) is 0 Å². The molecule has 30 heavy (non-hydrogen) atoms. The first kappa shape index (κ1) is 19.7. The molecule has 3 aromatic rings. The fourth-order valence-corrected chi connectivity index (χ4v) is 5.03. The van der Waals surface area contributed by atoms with Gasteiger partial charge in [-0.15, -0.1) is 11.3 Å². The molecule has 0 bridgehead atoms. The lowest BCUT2D eigenvalue weighted by molar-refractivity contribution is 0.00822. The van der Waals surface area contributed by atoms with Gasteiger partial charge in [0.05, 0.1) is 5.69 Å². The van der Waals surface area contributed by atoms with Crippen molar-refractivity contribution in [3.8, 4) is 0 Å². The van der Waals surface area contributed by atoms with Crippen molar-refractivity contribution < 1.29 is 9.59 Å². The van der Waals surface area contributed by atoms with E-state index in [0.717, 1.165) is 28.9 Å². The number of halogens is 1. The number of imidazole rings is 1. The molecule has 10 heteroatoms. The number of pyridine rings is 1. The monoisotopic (exact) mass is 488 g/mol. The van der Waals surface area contributed by atoms with E-state index in [-0.39, 0.29) is 11.8 Å². The quantitative estimate of drug-likeness (QED) is 0.564. The number of aryl methyl sites for hydroxylation is 1. The molecular formula is C20H21BrN6O2S. The lowest BCUT2D eigenvalue weighted by atomic mass is 10.0. The number of hydrogen-bond acceptors (Lipinski definition) is 6. The Hall–Kier alpha value is -2.30. The molecule has 5 heterocycles. The van der Waals surface area contributed by atoms with E-state index >= 15 is 0 Å². The summed E-state index contributed by atoms with van der Waals surface area (Å²) in [6.45, 7) is 6.38. The molecule has 0 atom stereocenters. The Kier molecular flexibility index (Phi) is 5.08. The minimum absolute atomic E-state index is 0.0128. The van der Waals surface area contributed by atoms with Gasteiger partial charge in [0.2, 0.25) is 0 Å². The Morgan fingerprint density at radius 2 is 1.87 bits per heavy atom. The van der Waals surface area contributed by atoms with Crippen molar-refractivity contribution in [3.05, 3.63) is 50.8 Å². The number of hydrogen-bond donors (Lipinski definition) is 0. The van der Waals surface area contributed by atoms with Gasteiger partial charge in [0, 0.05) is 67.6 Å². The minimum atomic E-state index is -0.0128. The van der Waals surface area contributed by atoms with Crippen molar-refractivity contribution in [2.24, 2.45) is 0 Å². The highest BCUT2D eigenvalue weighted by molar-refractivity contribution is 9.10. The maximum Gasteiger partial charge on any atom is 0.282 e. The van der Waals surface area contributed by atoms with Crippen LogP contribution in [-0.4, -0.2) is 86.2 Å². The summed E-state index contributed by atoms with van der Waals surface area (Å²) in [7, 11) is 0. The summed E-state index contributed by atoms with van der Waals surface area (Å²) in [6, 6.07) is 4.17. The molecule has 0 saturated carbocycles. The molecule has 3 aromatic heterocycles. The number of carbonyl (C=O) groups excluding carboxylic acids is 2. The summed E-state index contributed by atoms with van der Waals surface area (Å²) in [5.74, 6) is 0.00480. The van der Waals surface area contributed by atoms with Crippen LogP contribution in [0, 0.1) is 6.92 Å². The van der Waals surface area contributed by atoms with E-state index < -0.39 is 0 Å². The Morgan fingerprint density at radius 1 is 1.10 bits per heavy atom. The largest absolute Gasteiger partial charge is 0.334 e. The zero-order valence-electron chi connectivity index (χ0n) is 16.5. The van der Waals surface area contributed by atoms with Gasteiger partial charge < -0.3 is 14.2 Å². The summed E-state index contributed by atoms with van der Waals surface area (Å²) in [5, 5.41) is 2.38. The predicted molar refractivity (Wildman–Crippen MR) is 117 cm³/mol. The van der Waals surface area contributed by atoms with Crippen LogP contribution in [0.2, 0.25) is 0 Å². The summed E-state index contributed by atoms with van der Waals surface area (Å²) in [4.78, 5) is 40.2. The second kappa shape index (κ2) is 7.75. The minimum Gasteiger partial charge on any atom is -0.334 e. The highest BCUT2D eigenvalue weighted by Crippen LogP contribution is 2.23. The maximum absolute atomic E-state index is 13.0. The molecule has 0 spiro atoms. The van der Waals surface area contributed by atoms with Gasteiger partial charge in [-0.3, -0.25) is 14.5 Å². The van der Waals surface area contributed by atoms with E-state index in [1.165, 1.54) is 11.3 Å². The third-order valence-electron chi connectivity index (χ3n) is 5.91. The van der Waals surface area contributed by atoms with Crippen molar-refractivity contribution in [2.75, 3.05) is 39.3 Å². The van der Waals surface area contributed by atoms with E-state index in [2.05, 4.69) is 30.8 Å². The smallest absolute Gasteiger partial charge is 0.282 e. The number of fused-ring (bicyclic) bond motifs is 1. The van der Waals surface area contributed by atoms with Gasteiger partial charge in [-0.25, -0.2) is 9.97 Å². The Labute approximate surface area is 186 Å². The van der Waals surface area contributed by atoms with Crippen LogP contribution in [0.25, 0.3) is 5.65 Å². The molecule has 0 aromatic carbocycles. The van der Waals surface area contributed by atoms with Crippen molar-refractivity contribution >= 4 is 44.7 Å². The van der Waals surface area contributed by atoms with Crippen LogP contribution in [0.15, 0.2) is 34.4 Å². The molecule has 0 radical (unpaired) electrons. The number of aromatic nitrogens is 3. The maximum atomic E-state index is 13.0. The lowest BCUT2D eigenvalue weighted by Gasteiger charge is -2.47. The first-order valence-corrected chi connectivity index (χ1v) is 11.5. The third-order valence-corrected chi connectivity index (χ3v) is 7.14. The first-order valence-electron chi connectivity index (χ1n) is 9.87. The summed E-state index contributed by atoms with van der Waals surface area (Å²) in [5.41, 5.74) is 2.15. The topological polar surface area (TPSA) is 74.1 Å². The van der Waals surface area contributed by atoms with Gasteiger partial charge in [0.25, 0.3) is 11.8 Å². The second-order valence-corrected chi connectivity index (χ2v) is 9.46. The molecule has 156 valence electrons. The van der Waals surface area contributed by atoms with Crippen molar-refractivity contribution in [1.29, 1.82) is 0 Å². The van der Waals surface area contributed by atoms with Gasteiger partial charge in [0.15, 0.2) is 5.01 Å². The predicted octanol–water partition coefficient (Wildman–Crippen LogP) is 2.14. The Bertz CT molecular complexity index is 1100. The van der Waals surface area contributed by atoms with Crippen molar-refractivity contribution in [1.82, 2.24) is 29.1 Å². The zero-order chi connectivity index (χ0) is 20.8. The van der Waals surface area contributed by atoms with Crippen LogP contribution in [0.1, 0.15) is 26.0 Å².